The summed E-state index contributed by atoms with van der Waals surface area (Å²) < 4.78 is 0. The first-order chi connectivity index (χ1) is 8.79. The quantitative estimate of drug-likeness (QED) is 0.626. The molecule has 18 heavy (non-hydrogen) atoms. The molecule has 2 rings (SSSR count). The van der Waals surface area contributed by atoms with E-state index < -0.39 is 6.09 Å². The molecule has 0 spiro atoms. The van der Waals surface area contributed by atoms with Gasteiger partial charge in [0.25, 0.3) is 0 Å². The Morgan fingerprint density at radius 3 is 2.06 bits per heavy atom. The van der Waals surface area contributed by atoms with Crippen molar-refractivity contribution in [2.24, 2.45) is 0 Å². The molecule has 1 aliphatic carbocycles. The Labute approximate surface area is 108 Å². The van der Waals surface area contributed by atoms with Gasteiger partial charge >= 0.3 is 6.09 Å². The van der Waals surface area contributed by atoms with Crippen LogP contribution in [0.15, 0.2) is 36.7 Å². The fraction of sp³-hybridized carbons (Fsp3) is 0.500. The van der Waals surface area contributed by atoms with E-state index in [-0.39, 0.29) is 6.04 Å². The Morgan fingerprint density at radius 2 is 1.56 bits per heavy atom. The van der Waals surface area contributed by atoms with Gasteiger partial charge in [0.15, 0.2) is 0 Å². The molecule has 1 fully saturated rings. The zero-order valence-corrected chi connectivity index (χ0v) is 10.6. The van der Waals surface area contributed by atoms with Crippen molar-refractivity contribution in [2.45, 2.75) is 44.6 Å². The fourth-order valence-electron chi connectivity index (χ4n) is 2.00. The van der Waals surface area contributed by atoms with Crippen molar-refractivity contribution in [1.82, 2.24) is 10.6 Å². The largest absolute Gasteiger partial charge is 0.465 e. The molecule has 0 unspecified atom stereocenters. The normalized spacial score (nSPS) is 18.9. The molecule has 0 aromatic rings. The second kappa shape index (κ2) is 9.33. The Balaban J connectivity index is 0.000000199. The summed E-state index contributed by atoms with van der Waals surface area (Å²) in [6.45, 7) is 0. The Hall–Kier alpha value is -1.71. The van der Waals surface area contributed by atoms with Crippen molar-refractivity contribution in [1.29, 1.82) is 0 Å². The number of carboxylic acid groups (broad SMARTS) is 1. The van der Waals surface area contributed by atoms with Gasteiger partial charge in [-0.25, -0.2) is 4.79 Å². The Morgan fingerprint density at radius 1 is 1.00 bits per heavy atom. The van der Waals surface area contributed by atoms with Gasteiger partial charge in [0.05, 0.1) is 0 Å². The van der Waals surface area contributed by atoms with Gasteiger partial charge in [-0.3, -0.25) is 0 Å². The molecule has 1 amide bonds. The number of hydrogen-bond acceptors (Lipinski definition) is 2. The summed E-state index contributed by atoms with van der Waals surface area (Å²) in [4.78, 5) is 10.3. The van der Waals surface area contributed by atoms with Crippen LogP contribution < -0.4 is 10.6 Å². The lowest BCUT2D eigenvalue weighted by Gasteiger charge is -2.12. The third kappa shape index (κ3) is 7.54. The molecule has 0 aromatic carbocycles. The van der Waals surface area contributed by atoms with Crippen molar-refractivity contribution in [2.75, 3.05) is 0 Å². The highest BCUT2D eigenvalue weighted by atomic mass is 16.4. The summed E-state index contributed by atoms with van der Waals surface area (Å²) in [7, 11) is 0. The lowest BCUT2D eigenvalue weighted by Crippen LogP contribution is -2.32. The Kier molecular flexibility index (Phi) is 7.44. The molecule has 0 radical (unpaired) electrons. The van der Waals surface area contributed by atoms with Crippen LogP contribution in [0.25, 0.3) is 0 Å². The van der Waals surface area contributed by atoms with Crippen molar-refractivity contribution < 1.29 is 9.90 Å². The van der Waals surface area contributed by atoms with Crippen LogP contribution in [0.5, 0.6) is 0 Å². The van der Waals surface area contributed by atoms with Gasteiger partial charge in [0.1, 0.15) is 0 Å². The monoisotopic (exact) mass is 250 g/mol. The number of allylic oxidation sites excluding steroid dienone is 4. The number of amides is 1. The molecule has 100 valence electrons. The average Bonchev–Trinajstić information content (AvgIpc) is 2.75. The van der Waals surface area contributed by atoms with E-state index in [4.69, 9.17) is 5.11 Å². The maximum atomic E-state index is 10.3. The van der Waals surface area contributed by atoms with Gasteiger partial charge in [0, 0.05) is 18.4 Å². The van der Waals surface area contributed by atoms with E-state index in [9.17, 15) is 4.79 Å². The summed E-state index contributed by atoms with van der Waals surface area (Å²) in [6, 6.07) is 0.218. The first kappa shape index (κ1) is 14.4. The van der Waals surface area contributed by atoms with Gasteiger partial charge in [0.2, 0.25) is 0 Å². The predicted molar refractivity (Wildman–Crippen MR) is 73.2 cm³/mol. The van der Waals surface area contributed by atoms with E-state index >= 15 is 0 Å². The summed E-state index contributed by atoms with van der Waals surface area (Å²) in [5.41, 5.74) is 0. The molecule has 1 saturated carbocycles. The smallest absolute Gasteiger partial charge is 0.404 e. The minimum absolute atomic E-state index is 0.218. The topological polar surface area (TPSA) is 61.4 Å². The summed E-state index contributed by atoms with van der Waals surface area (Å²) in [6.07, 6.45) is 17.6. The molecule has 0 bridgehead atoms. The standard InChI is InChI=1S/C8H15NO2.C6H7N/c10-8(11)9-7-5-3-1-2-4-6-7;1-2-4-6-7-5-3-1/h7,9H,1-6H2,(H,10,11);1-7H. The van der Waals surface area contributed by atoms with Crippen LogP contribution >= 0.6 is 0 Å². The van der Waals surface area contributed by atoms with Gasteiger partial charge < -0.3 is 15.7 Å². The van der Waals surface area contributed by atoms with E-state index in [0.29, 0.717) is 0 Å². The van der Waals surface area contributed by atoms with Crippen LogP contribution in [0.3, 0.4) is 0 Å². The lowest BCUT2D eigenvalue weighted by molar-refractivity contribution is 0.188. The molecule has 4 heteroatoms. The fourth-order valence-corrected chi connectivity index (χ4v) is 2.00. The number of rotatable bonds is 1. The van der Waals surface area contributed by atoms with Crippen LogP contribution in [0.1, 0.15) is 38.5 Å². The first-order valence-corrected chi connectivity index (χ1v) is 6.53. The zero-order chi connectivity index (χ0) is 13.1. The molecular weight excluding hydrogens is 228 g/mol. The highest BCUT2D eigenvalue weighted by Crippen LogP contribution is 2.16. The molecule has 0 saturated heterocycles. The van der Waals surface area contributed by atoms with Crippen LogP contribution in [-0.4, -0.2) is 17.2 Å². The maximum Gasteiger partial charge on any atom is 0.404 e. The second-order valence-electron chi connectivity index (χ2n) is 4.41. The van der Waals surface area contributed by atoms with Crippen molar-refractivity contribution >= 4 is 6.09 Å². The molecule has 0 aromatic heterocycles. The highest BCUT2D eigenvalue weighted by molar-refractivity contribution is 5.64. The number of nitrogens with one attached hydrogen (secondary N) is 2. The van der Waals surface area contributed by atoms with Crippen LogP contribution in [-0.2, 0) is 0 Å². The van der Waals surface area contributed by atoms with Crippen LogP contribution in [0.4, 0.5) is 4.79 Å². The number of carbonyl (C=O) groups is 1. The zero-order valence-electron chi connectivity index (χ0n) is 10.6. The molecular formula is C14H22N2O2. The van der Waals surface area contributed by atoms with E-state index in [0.717, 1.165) is 12.8 Å². The highest BCUT2D eigenvalue weighted by Gasteiger charge is 2.13. The molecule has 3 N–H and O–H groups in total. The summed E-state index contributed by atoms with van der Waals surface area (Å²) in [5, 5.41) is 13.9. The second-order valence-corrected chi connectivity index (χ2v) is 4.41. The van der Waals surface area contributed by atoms with Crippen LogP contribution in [0.2, 0.25) is 0 Å². The summed E-state index contributed by atoms with van der Waals surface area (Å²) in [5.74, 6) is 0. The van der Waals surface area contributed by atoms with Gasteiger partial charge in [-0.2, -0.15) is 0 Å². The molecule has 0 atom stereocenters. The summed E-state index contributed by atoms with van der Waals surface area (Å²) >= 11 is 0. The lowest BCUT2D eigenvalue weighted by atomic mass is 10.1. The third-order valence-electron chi connectivity index (χ3n) is 2.90. The first-order valence-electron chi connectivity index (χ1n) is 6.53. The maximum absolute atomic E-state index is 10.3. The van der Waals surface area contributed by atoms with E-state index in [1.54, 1.807) is 0 Å². The van der Waals surface area contributed by atoms with Crippen molar-refractivity contribution in [3.63, 3.8) is 0 Å². The molecule has 4 nitrogen and oxygen atoms in total. The van der Waals surface area contributed by atoms with E-state index in [1.807, 2.05) is 36.7 Å². The van der Waals surface area contributed by atoms with Gasteiger partial charge in [-0.15, -0.1) is 0 Å². The van der Waals surface area contributed by atoms with Crippen LogP contribution in [0, 0.1) is 0 Å². The van der Waals surface area contributed by atoms with Gasteiger partial charge in [-0.1, -0.05) is 37.8 Å². The average molecular weight is 250 g/mol. The van der Waals surface area contributed by atoms with Crippen molar-refractivity contribution in [3.05, 3.63) is 36.7 Å². The minimum atomic E-state index is -0.878. The van der Waals surface area contributed by atoms with E-state index in [2.05, 4.69) is 10.6 Å². The molecule has 2 aliphatic rings. The molecule has 1 aliphatic heterocycles. The van der Waals surface area contributed by atoms with Gasteiger partial charge in [-0.05, 0) is 25.0 Å². The predicted octanol–water partition coefficient (Wildman–Crippen LogP) is 3.15. The SMILES string of the molecule is C1=CC=CNC=C1.O=C(O)NC1CCCCCC1. The third-order valence-corrected chi connectivity index (χ3v) is 2.90. The van der Waals surface area contributed by atoms with E-state index in [1.165, 1.54) is 25.7 Å². The van der Waals surface area contributed by atoms with Crippen molar-refractivity contribution in [3.8, 4) is 0 Å². The molecule has 1 heterocycles. The minimum Gasteiger partial charge on any atom is -0.465 e. The Bertz CT molecular complexity index is 300. The number of hydrogen-bond donors (Lipinski definition) is 3.